The number of nitrogens with zero attached hydrogens (tertiary/aromatic N) is 5. The third-order valence-corrected chi connectivity index (χ3v) is 6.37. The fraction of sp³-hybridized carbons (Fsp3) is 0.348. The lowest BCUT2D eigenvalue weighted by Crippen LogP contribution is -2.44. The predicted molar refractivity (Wildman–Crippen MR) is 131 cm³/mol. The second-order valence-electron chi connectivity index (χ2n) is 8.24. The van der Waals surface area contributed by atoms with Crippen LogP contribution in [0.15, 0.2) is 24.4 Å². The summed E-state index contributed by atoms with van der Waals surface area (Å²) >= 11 is 6.23. The molecule has 0 spiro atoms. The number of nitrogens with two attached hydrogens (primary N) is 1. The summed E-state index contributed by atoms with van der Waals surface area (Å²) in [5.41, 5.74) is 5.98. The summed E-state index contributed by atoms with van der Waals surface area (Å²) in [6.07, 6.45) is 1.45. The summed E-state index contributed by atoms with van der Waals surface area (Å²) in [4.78, 5) is 17.4. The Morgan fingerprint density at radius 2 is 1.89 bits per heavy atom. The Morgan fingerprint density at radius 1 is 1.20 bits per heavy atom. The highest BCUT2D eigenvalue weighted by Gasteiger charge is 2.25. The zero-order valence-corrected chi connectivity index (χ0v) is 20.4. The molecule has 1 aromatic heterocycles. The van der Waals surface area contributed by atoms with Gasteiger partial charge in [0.25, 0.3) is 11.8 Å². The van der Waals surface area contributed by atoms with E-state index in [9.17, 15) is 9.18 Å². The molecule has 0 unspecified atom stereocenters. The normalized spacial score (nSPS) is 14.3. The maximum atomic E-state index is 15.9. The Morgan fingerprint density at radius 3 is 2.57 bits per heavy atom. The number of carbonyl (C=O) groups is 1. The minimum Gasteiger partial charge on any atom is -0.476 e. The zero-order valence-electron chi connectivity index (χ0n) is 19.6. The summed E-state index contributed by atoms with van der Waals surface area (Å²) in [6, 6.07) is 4.42. The second kappa shape index (κ2) is 10.0. The number of halogens is 3. The number of hydrogen-bond donors (Lipinski definition) is 2. The van der Waals surface area contributed by atoms with Gasteiger partial charge in [-0.25, -0.2) is 13.5 Å². The number of carbonyl (C=O) groups excluding carboxylic acids is 1. The molecular formula is C23H26ClF2N7O2. The van der Waals surface area contributed by atoms with Crippen LogP contribution >= 0.6 is 11.6 Å². The molecule has 3 N–H and O–H groups in total. The van der Waals surface area contributed by atoms with Gasteiger partial charge in [-0.15, -0.1) is 0 Å². The number of ether oxygens (including phenoxy) is 1. The van der Waals surface area contributed by atoms with Gasteiger partial charge in [-0.1, -0.05) is 21.9 Å². The molecule has 1 saturated heterocycles. The van der Waals surface area contributed by atoms with Crippen LogP contribution in [0.25, 0.3) is 5.69 Å². The molecular weight excluding hydrogens is 480 g/mol. The Bertz CT molecular complexity index is 1260. The van der Waals surface area contributed by atoms with Crippen molar-refractivity contribution in [2.75, 3.05) is 55.8 Å². The van der Waals surface area contributed by atoms with Crippen molar-refractivity contribution in [2.24, 2.45) is 0 Å². The number of amides is 1. The number of rotatable bonds is 6. The van der Waals surface area contributed by atoms with Crippen LogP contribution in [0.4, 0.5) is 25.8 Å². The van der Waals surface area contributed by atoms with Crippen LogP contribution in [0.5, 0.6) is 5.88 Å². The molecule has 0 saturated carbocycles. The molecule has 35 heavy (non-hydrogen) atoms. The average molecular weight is 506 g/mol. The summed E-state index contributed by atoms with van der Waals surface area (Å²) in [5, 5.41) is 10.4. The highest BCUT2D eigenvalue weighted by Crippen LogP contribution is 2.35. The van der Waals surface area contributed by atoms with E-state index in [1.165, 1.54) is 17.8 Å². The molecule has 2 heterocycles. The van der Waals surface area contributed by atoms with E-state index in [-0.39, 0.29) is 39.1 Å². The van der Waals surface area contributed by atoms with Crippen LogP contribution < -0.4 is 20.7 Å². The van der Waals surface area contributed by atoms with E-state index in [1.807, 2.05) is 11.9 Å². The lowest BCUT2D eigenvalue weighted by atomic mass is 10.1. The largest absolute Gasteiger partial charge is 0.476 e. The zero-order chi connectivity index (χ0) is 25.3. The van der Waals surface area contributed by atoms with Gasteiger partial charge in [0.15, 0.2) is 11.6 Å². The smallest absolute Gasteiger partial charge is 0.257 e. The lowest BCUT2D eigenvalue weighted by molar-refractivity contribution is 0.102. The molecule has 0 bridgehead atoms. The number of hydrogen-bond acceptors (Lipinski definition) is 7. The Kier molecular flexibility index (Phi) is 7.08. The topological polar surface area (TPSA) is 102 Å². The van der Waals surface area contributed by atoms with Gasteiger partial charge in [-0.3, -0.25) is 4.79 Å². The van der Waals surface area contributed by atoms with E-state index < -0.39 is 17.5 Å². The van der Waals surface area contributed by atoms with E-state index >= 15 is 4.39 Å². The second-order valence-corrected chi connectivity index (χ2v) is 8.62. The molecule has 1 aliphatic heterocycles. The van der Waals surface area contributed by atoms with Gasteiger partial charge in [0, 0.05) is 31.7 Å². The monoisotopic (exact) mass is 505 g/mol. The molecule has 186 valence electrons. The van der Waals surface area contributed by atoms with Crippen molar-refractivity contribution in [3.63, 3.8) is 0 Å². The molecule has 1 aliphatic rings. The fourth-order valence-corrected chi connectivity index (χ4v) is 4.11. The highest BCUT2D eigenvalue weighted by molar-refractivity contribution is 6.35. The van der Waals surface area contributed by atoms with E-state index in [1.54, 1.807) is 19.1 Å². The highest BCUT2D eigenvalue weighted by atomic mass is 35.5. The molecule has 2 aromatic carbocycles. The SMILES string of the molecule is CCOc1cn(-c2ccc(N3CCN(C)CC3)c(NC(=O)c3cc(N)c(F)c(C)c3Cl)c2F)nn1. The van der Waals surface area contributed by atoms with E-state index in [4.69, 9.17) is 22.1 Å². The first-order valence-corrected chi connectivity index (χ1v) is 11.5. The van der Waals surface area contributed by atoms with Crippen LogP contribution in [0.1, 0.15) is 22.8 Å². The first kappa shape index (κ1) is 24.7. The maximum absolute atomic E-state index is 15.9. The first-order chi connectivity index (χ1) is 16.7. The molecule has 0 atom stereocenters. The number of aromatic nitrogens is 3. The number of nitrogen functional groups attached to an aromatic ring is 1. The molecule has 0 aliphatic carbocycles. The van der Waals surface area contributed by atoms with Crippen molar-refractivity contribution in [1.29, 1.82) is 0 Å². The Labute approximate surface area is 206 Å². The average Bonchev–Trinajstić information content (AvgIpc) is 3.30. The van der Waals surface area contributed by atoms with Crippen molar-refractivity contribution in [3.05, 3.63) is 52.2 Å². The summed E-state index contributed by atoms with van der Waals surface area (Å²) < 4.78 is 36.6. The minimum atomic E-state index is -0.718. The standard InChI is InChI=1S/C23H26ClF2N7O2/c1-4-35-18-12-33(30-29-18)16-5-6-17(32-9-7-31(3)8-10-32)22(21(16)26)28-23(34)14-11-15(27)20(25)13(2)19(14)24/h5-6,11-12H,4,7-10,27H2,1-3H3,(H,28,34). The van der Waals surface area contributed by atoms with Crippen LogP contribution in [-0.4, -0.2) is 65.6 Å². The number of piperazine rings is 1. The molecule has 1 amide bonds. The van der Waals surface area contributed by atoms with Gasteiger partial charge in [0.2, 0.25) is 0 Å². The van der Waals surface area contributed by atoms with E-state index in [2.05, 4.69) is 20.5 Å². The molecule has 4 rings (SSSR count). The van der Waals surface area contributed by atoms with Crippen LogP contribution in [0.3, 0.4) is 0 Å². The fourth-order valence-electron chi connectivity index (χ4n) is 3.89. The van der Waals surface area contributed by atoms with Crippen molar-refractivity contribution in [2.45, 2.75) is 13.8 Å². The quantitative estimate of drug-likeness (QED) is 0.494. The predicted octanol–water partition coefficient (Wildman–Crippen LogP) is 3.49. The minimum absolute atomic E-state index is 0.0383. The van der Waals surface area contributed by atoms with Gasteiger partial charge in [-0.05, 0) is 39.1 Å². The third kappa shape index (κ3) is 4.87. The Hall–Kier alpha value is -3.44. The third-order valence-electron chi connectivity index (χ3n) is 5.89. The molecule has 9 nitrogen and oxygen atoms in total. The maximum Gasteiger partial charge on any atom is 0.257 e. The summed E-state index contributed by atoms with van der Waals surface area (Å²) in [6.45, 7) is 6.42. The van der Waals surface area contributed by atoms with E-state index in [0.717, 1.165) is 19.2 Å². The van der Waals surface area contributed by atoms with Gasteiger partial charge in [0.1, 0.15) is 11.4 Å². The molecule has 0 radical (unpaired) electrons. The van der Waals surface area contributed by atoms with Crippen LogP contribution in [0, 0.1) is 18.6 Å². The Balaban J connectivity index is 1.77. The number of anilines is 3. The number of nitrogens with one attached hydrogen (secondary N) is 1. The van der Waals surface area contributed by atoms with Gasteiger partial charge in [-0.2, -0.15) is 0 Å². The van der Waals surface area contributed by atoms with Crippen molar-refractivity contribution >= 4 is 34.6 Å². The first-order valence-electron chi connectivity index (χ1n) is 11.1. The van der Waals surface area contributed by atoms with E-state index in [0.29, 0.717) is 25.4 Å². The lowest BCUT2D eigenvalue weighted by Gasteiger charge is -2.35. The van der Waals surface area contributed by atoms with Crippen molar-refractivity contribution < 1.29 is 18.3 Å². The molecule has 12 heteroatoms. The van der Waals surface area contributed by atoms with Crippen LogP contribution in [-0.2, 0) is 0 Å². The molecule has 3 aromatic rings. The summed E-state index contributed by atoms with van der Waals surface area (Å²) in [7, 11) is 2.01. The number of benzene rings is 2. The van der Waals surface area contributed by atoms with Crippen molar-refractivity contribution in [3.8, 4) is 11.6 Å². The van der Waals surface area contributed by atoms with Crippen LogP contribution in [0.2, 0.25) is 5.02 Å². The van der Waals surface area contributed by atoms with Gasteiger partial charge < -0.3 is 25.6 Å². The molecule has 1 fully saturated rings. The van der Waals surface area contributed by atoms with Gasteiger partial charge in [0.05, 0.1) is 34.8 Å². The number of likely N-dealkylation sites (N-methyl/N-ethyl adjacent to an activating group) is 1. The summed E-state index contributed by atoms with van der Waals surface area (Å²) in [5.74, 6) is -1.89. The van der Waals surface area contributed by atoms with Gasteiger partial charge >= 0.3 is 0 Å². The van der Waals surface area contributed by atoms with Crippen molar-refractivity contribution in [1.82, 2.24) is 19.9 Å².